The lowest BCUT2D eigenvalue weighted by molar-refractivity contribution is 0.616. The van der Waals surface area contributed by atoms with Gasteiger partial charge < -0.3 is 15.2 Å². The first-order valence-corrected chi connectivity index (χ1v) is 7.51. The molecule has 1 aromatic carbocycles. The minimum Gasteiger partial charge on any atom is -0.326 e. The zero-order chi connectivity index (χ0) is 14.2. The lowest BCUT2D eigenvalue weighted by Crippen LogP contribution is -2.34. The van der Waals surface area contributed by atoms with Gasteiger partial charge in [-0.2, -0.15) is 4.98 Å². The molecule has 2 N–H and O–H groups in total. The van der Waals surface area contributed by atoms with Gasteiger partial charge in [-0.05, 0) is 37.4 Å². The number of fused-ring (bicyclic) bond motifs is 2. The van der Waals surface area contributed by atoms with Gasteiger partial charge in [0.2, 0.25) is 0 Å². The number of benzene rings is 1. The molecule has 0 radical (unpaired) electrons. The molecule has 0 saturated heterocycles. The second-order valence-corrected chi connectivity index (χ2v) is 5.63. The van der Waals surface area contributed by atoms with E-state index in [4.69, 9.17) is 0 Å². The van der Waals surface area contributed by atoms with Crippen LogP contribution in [0.1, 0.15) is 23.2 Å². The molecule has 3 heterocycles. The van der Waals surface area contributed by atoms with Crippen molar-refractivity contribution >= 4 is 11.5 Å². The highest BCUT2D eigenvalue weighted by atomic mass is 16.1. The first-order valence-electron chi connectivity index (χ1n) is 7.51. The Bertz CT molecular complexity index is 737. The number of hydrogen-bond donors (Lipinski definition) is 2. The number of aromatic amines is 1. The number of aryl methyl sites for hydroxylation is 1. The van der Waals surface area contributed by atoms with Crippen LogP contribution in [0.3, 0.4) is 0 Å². The lowest BCUT2D eigenvalue weighted by Gasteiger charge is -2.32. The predicted molar refractivity (Wildman–Crippen MR) is 82.0 cm³/mol. The molecule has 0 amide bonds. The molecule has 2 aromatic rings. The fraction of sp³-hybridized carbons (Fsp3) is 0.375. The van der Waals surface area contributed by atoms with E-state index < -0.39 is 0 Å². The quantitative estimate of drug-likeness (QED) is 0.832. The molecule has 2 aliphatic heterocycles. The van der Waals surface area contributed by atoms with Crippen molar-refractivity contribution in [2.75, 3.05) is 18.0 Å². The van der Waals surface area contributed by atoms with Crippen LogP contribution in [0.15, 0.2) is 29.1 Å². The summed E-state index contributed by atoms with van der Waals surface area (Å²) in [4.78, 5) is 21.3. The van der Waals surface area contributed by atoms with Crippen molar-refractivity contribution in [1.29, 1.82) is 0 Å². The molecule has 0 atom stereocenters. The highest BCUT2D eigenvalue weighted by molar-refractivity contribution is 5.68. The molecule has 0 spiro atoms. The number of nitrogens with zero attached hydrogens (tertiary/aromatic N) is 2. The van der Waals surface area contributed by atoms with Crippen LogP contribution >= 0.6 is 0 Å². The number of rotatable bonds is 1. The third kappa shape index (κ3) is 2.14. The van der Waals surface area contributed by atoms with E-state index in [2.05, 4.69) is 44.5 Å². The average molecular weight is 282 g/mol. The van der Waals surface area contributed by atoms with Crippen LogP contribution in [-0.4, -0.2) is 23.1 Å². The smallest absolute Gasteiger partial charge is 0.326 e. The van der Waals surface area contributed by atoms with Gasteiger partial charge in [-0.15, -0.1) is 0 Å². The molecule has 108 valence electrons. The van der Waals surface area contributed by atoms with Gasteiger partial charge in [0.25, 0.3) is 0 Å². The number of H-pyrrole nitrogens is 1. The highest BCUT2D eigenvalue weighted by Gasteiger charge is 2.24. The summed E-state index contributed by atoms with van der Waals surface area (Å²) in [5, 5.41) is 3.30. The Morgan fingerprint density at radius 3 is 3.05 bits per heavy atom. The topological polar surface area (TPSA) is 61.0 Å². The van der Waals surface area contributed by atoms with E-state index in [0.717, 1.165) is 50.4 Å². The van der Waals surface area contributed by atoms with E-state index in [1.165, 1.54) is 16.8 Å². The van der Waals surface area contributed by atoms with Crippen LogP contribution in [0.2, 0.25) is 0 Å². The van der Waals surface area contributed by atoms with E-state index in [1.807, 2.05) is 0 Å². The third-order valence-electron chi connectivity index (χ3n) is 4.32. The van der Waals surface area contributed by atoms with Crippen LogP contribution < -0.4 is 15.9 Å². The van der Waals surface area contributed by atoms with Crippen molar-refractivity contribution in [1.82, 2.24) is 15.3 Å². The van der Waals surface area contributed by atoms with Crippen molar-refractivity contribution < 1.29 is 0 Å². The zero-order valence-electron chi connectivity index (χ0n) is 11.9. The minimum absolute atomic E-state index is 0.254. The van der Waals surface area contributed by atoms with Gasteiger partial charge in [0.15, 0.2) is 0 Å². The second kappa shape index (κ2) is 5.00. The van der Waals surface area contributed by atoms with E-state index in [-0.39, 0.29) is 5.69 Å². The van der Waals surface area contributed by atoms with Gasteiger partial charge in [0, 0.05) is 30.0 Å². The maximum atomic E-state index is 11.9. The van der Waals surface area contributed by atoms with Crippen molar-refractivity contribution in [3.8, 4) is 0 Å². The summed E-state index contributed by atoms with van der Waals surface area (Å²) in [6.07, 6.45) is 3.10. The SMILES string of the molecule is O=c1nc(N2CCCc3ccccc32)c2c([nH]1)CNCC2. The molecule has 0 aliphatic carbocycles. The molecule has 1 aromatic heterocycles. The Hall–Kier alpha value is -2.14. The molecule has 0 saturated carbocycles. The summed E-state index contributed by atoms with van der Waals surface area (Å²) < 4.78 is 0. The van der Waals surface area contributed by atoms with Crippen LogP contribution in [-0.2, 0) is 19.4 Å². The molecule has 0 bridgehead atoms. The van der Waals surface area contributed by atoms with Crippen molar-refractivity contribution in [3.05, 3.63) is 51.6 Å². The first kappa shape index (κ1) is 12.6. The van der Waals surface area contributed by atoms with Crippen molar-refractivity contribution in [2.45, 2.75) is 25.8 Å². The van der Waals surface area contributed by atoms with E-state index >= 15 is 0 Å². The van der Waals surface area contributed by atoms with Crippen LogP contribution in [0.5, 0.6) is 0 Å². The number of para-hydroxylation sites is 1. The monoisotopic (exact) mass is 282 g/mol. The Labute approximate surface area is 123 Å². The summed E-state index contributed by atoms with van der Waals surface area (Å²) in [6, 6.07) is 8.43. The second-order valence-electron chi connectivity index (χ2n) is 5.63. The van der Waals surface area contributed by atoms with E-state index in [9.17, 15) is 4.79 Å². The molecular formula is C16H18N4O. The van der Waals surface area contributed by atoms with Gasteiger partial charge in [-0.3, -0.25) is 0 Å². The number of hydrogen-bond acceptors (Lipinski definition) is 4. The van der Waals surface area contributed by atoms with E-state index in [1.54, 1.807) is 0 Å². The standard InChI is InChI=1S/C16H18N4O/c21-16-18-13-10-17-8-7-12(13)15(19-16)20-9-3-5-11-4-1-2-6-14(11)20/h1-2,4,6,17H,3,5,7-10H2,(H,18,19,21). The normalized spacial score (nSPS) is 17.2. The minimum atomic E-state index is -0.254. The van der Waals surface area contributed by atoms with Crippen LogP contribution in [0, 0.1) is 0 Å². The summed E-state index contributed by atoms with van der Waals surface area (Å²) in [5.74, 6) is 0.849. The molecule has 0 unspecified atom stereocenters. The Morgan fingerprint density at radius 2 is 2.10 bits per heavy atom. The molecule has 5 nitrogen and oxygen atoms in total. The average Bonchev–Trinajstić information content (AvgIpc) is 2.53. The van der Waals surface area contributed by atoms with Crippen LogP contribution in [0.25, 0.3) is 0 Å². The van der Waals surface area contributed by atoms with Gasteiger partial charge in [0.05, 0.1) is 0 Å². The number of anilines is 2. The Kier molecular flexibility index (Phi) is 3.00. The molecule has 4 rings (SSSR count). The number of nitrogens with one attached hydrogen (secondary N) is 2. The highest BCUT2D eigenvalue weighted by Crippen LogP contribution is 2.34. The van der Waals surface area contributed by atoms with Gasteiger partial charge in [-0.25, -0.2) is 4.79 Å². The van der Waals surface area contributed by atoms with Crippen molar-refractivity contribution in [2.24, 2.45) is 0 Å². The van der Waals surface area contributed by atoms with Gasteiger partial charge >= 0.3 is 5.69 Å². The van der Waals surface area contributed by atoms with Crippen LogP contribution in [0.4, 0.5) is 11.5 Å². The van der Waals surface area contributed by atoms with Crippen molar-refractivity contribution in [3.63, 3.8) is 0 Å². The molecule has 5 heteroatoms. The van der Waals surface area contributed by atoms with E-state index in [0.29, 0.717) is 0 Å². The molecule has 0 fully saturated rings. The molecular weight excluding hydrogens is 264 g/mol. The maximum absolute atomic E-state index is 11.9. The fourth-order valence-corrected chi connectivity index (χ4v) is 3.35. The summed E-state index contributed by atoms with van der Waals surface area (Å²) in [6.45, 7) is 2.58. The fourth-order valence-electron chi connectivity index (χ4n) is 3.35. The van der Waals surface area contributed by atoms with Gasteiger partial charge in [0.1, 0.15) is 5.82 Å². The number of aromatic nitrogens is 2. The Balaban J connectivity index is 1.88. The predicted octanol–water partition coefficient (Wildman–Crippen LogP) is 1.50. The lowest BCUT2D eigenvalue weighted by atomic mass is 10.00. The Morgan fingerprint density at radius 1 is 1.19 bits per heavy atom. The molecule has 21 heavy (non-hydrogen) atoms. The molecule has 2 aliphatic rings. The summed E-state index contributed by atoms with van der Waals surface area (Å²) >= 11 is 0. The largest absolute Gasteiger partial charge is 0.347 e. The maximum Gasteiger partial charge on any atom is 0.347 e. The first-order chi connectivity index (χ1) is 10.3. The van der Waals surface area contributed by atoms with Gasteiger partial charge in [-0.1, -0.05) is 18.2 Å². The summed E-state index contributed by atoms with van der Waals surface area (Å²) in [5.41, 5.74) is 4.45. The third-order valence-corrected chi connectivity index (χ3v) is 4.32. The zero-order valence-corrected chi connectivity index (χ0v) is 11.9. The summed E-state index contributed by atoms with van der Waals surface area (Å²) in [7, 11) is 0.